The number of carbonyl (C=O) groups is 1. The van der Waals surface area contributed by atoms with Gasteiger partial charge in [0.2, 0.25) is 11.6 Å². The fourth-order valence-corrected chi connectivity index (χ4v) is 2.91. The maximum atomic E-state index is 12.5. The highest BCUT2D eigenvalue weighted by Crippen LogP contribution is 2.37. The number of ether oxygens (including phenoxy) is 1. The van der Waals surface area contributed by atoms with Gasteiger partial charge < -0.3 is 15.6 Å². The number of nitrogens with two attached hydrogens (primary N) is 1. The Morgan fingerprint density at radius 3 is 2.96 bits per heavy atom. The Morgan fingerprint density at radius 1 is 1.50 bits per heavy atom. The second-order valence-corrected chi connectivity index (χ2v) is 5.72. The molecule has 0 unspecified atom stereocenters. The van der Waals surface area contributed by atoms with Gasteiger partial charge in [0.25, 0.3) is 5.91 Å². The molecule has 24 heavy (non-hydrogen) atoms. The fourth-order valence-electron chi connectivity index (χ4n) is 2.07. The minimum absolute atomic E-state index is 0.0124. The number of phenolic OH excluding ortho intramolecular Hbond substituents is 1. The normalized spacial score (nSPS) is 16.2. The van der Waals surface area contributed by atoms with Gasteiger partial charge in [-0.1, -0.05) is 6.07 Å². The van der Waals surface area contributed by atoms with E-state index in [0.29, 0.717) is 22.8 Å². The van der Waals surface area contributed by atoms with Crippen LogP contribution in [0.5, 0.6) is 11.5 Å². The molecule has 9 nitrogen and oxygen atoms in total. The summed E-state index contributed by atoms with van der Waals surface area (Å²) in [5, 5.41) is 24.6. The molecule has 124 valence electrons. The van der Waals surface area contributed by atoms with E-state index < -0.39 is 5.91 Å². The van der Waals surface area contributed by atoms with Crippen LogP contribution in [-0.2, 0) is 4.79 Å². The number of anilines is 2. The minimum Gasteiger partial charge on any atom is -0.504 e. The third kappa shape index (κ3) is 2.78. The molecule has 2 aromatic rings. The predicted molar refractivity (Wildman–Crippen MR) is 88.8 cm³/mol. The molecule has 4 N–H and O–H groups in total. The lowest BCUT2D eigenvalue weighted by molar-refractivity contribution is -0.113. The number of nitrogens with zero attached hydrogens (tertiary/aromatic N) is 3. The number of hydrogen-bond donors (Lipinski definition) is 3. The maximum absolute atomic E-state index is 12.5. The van der Waals surface area contributed by atoms with E-state index >= 15 is 0 Å². The number of amides is 1. The molecule has 1 aromatic heterocycles. The number of hydrogen-bond acceptors (Lipinski definition) is 9. The lowest BCUT2D eigenvalue weighted by Gasteiger charge is -2.09. The topological polar surface area (TPSA) is 139 Å². The van der Waals surface area contributed by atoms with Crippen molar-refractivity contribution in [2.24, 2.45) is 0 Å². The molecule has 1 saturated heterocycles. The van der Waals surface area contributed by atoms with E-state index in [1.165, 1.54) is 6.07 Å². The van der Waals surface area contributed by atoms with Crippen LogP contribution < -0.4 is 15.4 Å². The zero-order valence-corrected chi connectivity index (χ0v) is 13.3. The second kappa shape index (κ2) is 6.24. The van der Waals surface area contributed by atoms with Crippen LogP contribution in [0.3, 0.4) is 0 Å². The average Bonchev–Trinajstić information content (AvgIpc) is 3.07. The highest BCUT2D eigenvalue weighted by Gasteiger charge is 2.37. The number of benzene rings is 1. The summed E-state index contributed by atoms with van der Waals surface area (Å²) < 4.78 is 9.79. The van der Waals surface area contributed by atoms with Crippen molar-refractivity contribution in [3.05, 3.63) is 28.7 Å². The van der Waals surface area contributed by atoms with Crippen molar-refractivity contribution in [1.29, 1.82) is 5.41 Å². The summed E-state index contributed by atoms with van der Waals surface area (Å²) in [6.07, 6.45) is 1.59. The first-order chi connectivity index (χ1) is 11.5. The molecule has 1 aromatic carbocycles. The van der Waals surface area contributed by atoms with Gasteiger partial charge in [-0.05, 0) is 52.8 Å². The highest BCUT2D eigenvalue weighted by molar-refractivity contribution is 8.19. The SMILES string of the molecule is CCOc1cc(/C=C2/SC(=N)N(c3nonc3N)C2=O)ccc1O. The Morgan fingerprint density at radius 2 is 2.29 bits per heavy atom. The summed E-state index contributed by atoms with van der Waals surface area (Å²) in [6, 6.07) is 4.72. The number of nitrogen functional groups attached to an aromatic ring is 1. The quantitative estimate of drug-likeness (QED) is 0.712. The highest BCUT2D eigenvalue weighted by atomic mass is 32.2. The van der Waals surface area contributed by atoms with Crippen molar-refractivity contribution in [1.82, 2.24) is 10.3 Å². The van der Waals surface area contributed by atoms with Gasteiger partial charge in [0.1, 0.15) is 0 Å². The molecule has 0 saturated carbocycles. The molecule has 1 aliphatic rings. The van der Waals surface area contributed by atoms with E-state index in [-0.39, 0.29) is 22.6 Å². The molecular weight excluding hydrogens is 334 g/mol. The molecule has 0 spiro atoms. The lowest BCUT2D eigenvalue weighted by atomic mass is 10.2. The smallest absolute Gasteiger partial charge is 0.272 e. The number of aromatic nitrogens is 2. The number of nitrogens with one attached hydrogen (secondary N) is 1. The van der Waals surface area contributed by atoms with Gasteiger partial charge in [-0.3, -0.25) is 10.2 Å². The van der Waals surface area contributed by atoms with Gasteiger partial charge in [0, 0.05) is 0 Å². The van der Waals surface area contributed by atoms with Crippen molar-refractivity contribution in [3.63, 3.8) is 0 Å². The van der Waals surface area contributed by atoms with Gasteiger partial charge in [-0.15, -0.1) is 0 Å². The van der Waals surface area contributed by atoms with E-state index in [2.05, 4.69) is 14.9 Å². The number of amidine groups is 1. The summed E-state index contributed by atoms with van der Waals surface area (Å²) in [6.45, 7) is 2.20. The van der Waals surface area contributed by atoms with E-state index in [9.17, 15) is 9.90 Å². The largest absolute Gasteiger partial charge is 0.504 e. The fraction of sp³-hybridized carbons (Fsp3) is 0.143. The van der Waals surface area contributed by atoms with Crippen molar-refractivity contribution < 1.29 is 19.3 Å². The van der Waals surface area contributed by atoms with Crippen LogP contribution in [-0.4, -0.2) is 33.1 Å². The average molecular weight is 347 g/mol. The third-order valence-corrected chi connectivity index (χ3v) is 4.00. The molecule has 0 radical (unpaired) electrons. The van der Waals surface area contributed by atoms with Gasteiger partial charge >= 0.3 is 0 Å². The molecule has 3 rings (SSSR count). The molecule has 0 atom stereocenters. The van der Waals surface area contributed by atoms with Crippen molar-refractivity contribution in [3.8, 4) is 11.5 Å². The number of rotatable bonds is 4. The maximum Gasteiger partial charge on any atom is 0.272 e. The number of aromatic hydroxyl groups is 1. The van der Waals surface area contributed by atoms with Gasteiger partial charge in [0.05, 0.1) is 11.5 Å². The van der Waals surface area contributed by atoms with Crippen LogP contribution in [0.25, 0.3) is 6.08 Å². The standard InChI is InChI=1S/C14H13N5O4S/c1-2-22-9-5-7(3-4-8(9)20)6-10-13(21)19(14(16)24-10)12-11(15)17-23-18-12/h3-6,16,20H,2H2,1H3,(H2,15,17)/b10-6+,16-14?. The molecule has 2 heterocycles. The van der Waals surface area contributed by atoms with Crippen molar-refractivity contribution in [2.75, 3.05) is 17.2 Å². The summed E-state index contributed by atoms with van der Waals surface area (Å²) in [5.74, 6) is -0.211. The van der Waals surface area contributed by atoms with Gasteiger partial charge in [-0.2, -0.15) is 0 Å². The number of phenols is 1. The summed E-state index contributed by atoms with van der Waals surface area (Å²) in [4.78, 5) is 13.8. The van der Waals surface area contributed by atoms with Crippen LogP contribution in [0.4, 0.5) is 11.6 Å². The molecule has 1 amide bonds. The summed E-state index contributed by atoms with van der Waals surface area (Å²) >= 11 is 0.959. The van der Waals surface area contributed by atoms with E-state index in [0.717, 1.165) is 16.7 Å². The summed E-state index contributed by atoms with van der Waals surface area (Å²) in [7, 11) is 0. The predicted octanol–water partition coefficient (Wildman–Crippen LogP) is 1.81. The van der Waals surface area contributed by atoms with Crippen LogP contribution in [0.1, 0.15) is 12.5 Å². The Balaban J connectivity index is 1.92. The van der Waals surface area contributed by atoms with Crippen molar-refractivity contribution >= 4 is 40.5 Å². The zero-order valence-electron chi connectivity index (χ0n) is 12.5. The molecule has 10 heteroatoms. The van der Waals surface area contributed by atoms with Crippen LogP contribution in [0, 0.1) is 5.41 Å². The summed E-state index contributed by atoms with van der Waals surface area (Å²) in [5.41, 5.74) is 6.23. The first-order valence-electron chi connectivity index (χ1n) is 6.87. The monoisotopic (exact) mass is 347 g/mol. The van der Waals surface area contributed by atoms with Crippen molar-refractivity contribution in [2.45, 2.75) is 6.92 Å². The molecule has 1 fully saturated rings. The second-order valence-electron chi connectivity index (χ2n) is 4.69. The number of carbonyl (C=O) groups excluding carboxylic acids is 1. The molecule has 0 bridgehead atoms. The molecule has 0 aliphatic carbocycles. The Bertz CT molecular complexity index is 847. The van der Waals surface area contributed by atoms with E-state index in [1.54, 1.807) is 25.1 Å². The third-order valence-electron chi connectivity index (χ3n) is 3.11. The lowest BCUT2D eigenvalue weighted by Crippen LogP contribution is -2.29. The van der Waals surface area contributed by atoms with E-state index in [1.807, 2.05) is 0 Å². The van der Waals surface area contributed by atoms with Gasteiger partial charge in [0.15, 0.2) is 16.7 Å². The van der Waals surface area contributed by atoms with Crippen LogP contribution in [0.2, 0.25) is 0 Å². The van der Waals surface area contributed by atoms with Crippen LogP contribution >= 0.6 is 11.8 Å². The minimum atomic E-state index is -0.460. The first-order valence-corrected chi connectivity index (χ1v) is 7.69. The molecule has 1 aliphatic heterocycles. The Kier molecular flexibility index (Phi) is 4.13. The zero-order chi connectivity index (χ0) is 17.3. The Hall–Kier alpha value is -3.01. The molecular formula is C14H13N5O4S. The van der Waals surface area contributed by atoms with E-state index in [4.69, 9.17) is 15.9 Å². The van der Waals surface area contributed by atoms with Gasteiger partial charge in [-0.25, -0.2) is 9.53 Å². The van der Waals surface area contributed by atoms with Crippen LogP contribution in [0.15, 0.2) is 27.7 Å². The Labute approximate surface area is 140 Å². The first kappa shape index (κ1) is 15.9. The number of thioether (sulfide) groups is 1.